The Balaban J connectivity index is 2.56. The first-order valence-electron chi connectivity index (χ1n) is 3.69. The van der Waals surface area contributed by atoms with Crippen LogP contribution in [0.1, 0.15) is 10.5 Å². The third kappa shape index (κ3) is 1.24. The van der Waals surface area contributed by atoms with Gasteiger partial charge in [-0.2, -0.15) is 5.10 Å². The molecule has 13 heavy (non-hydrogen) atoms. The zero-order chi connectivity index (χ0) is 9.26. The molecule has 0 aliphatic rings. The Morgan fingerprint density at radius 3 is 3.15 bits per heavy atom. The van der Waals surface area contributed by atoms with E-state index in [9.17, 15) is 4.79 Å². The third-order valence-electron chi connectivity index (χ3n) is 1.66. The molecular weight excluding hydrogens is 170 g/mol. The van der Waals surface area contributed by atoms with Crippen molar-refractivity contribution in [2.75, 3.05) is 7.11 Å². The molecule has 5 heteroatoms. The highest BCUT2D eigenvalue weighted by molar-refractivity contribution is 5.88. The van der Waals surface area contributed by atoms with E-state index < -0.39 is 5.97 Å². The molecular formula is C8H7N3O2. The number of ether oxygens (including phenoxy) is 1. The molecule has 0 saturated heterocycles. The number of esters is 1. The molecule has 0 spiro atoms. The van der Waals surface area contributed by atoms with Crippen LogP contribution in [-0.2, 0) is 4.74 Å². The van der Waals surface area contributed by atoms with E-state index in [1.807, 2.05) is 0 Å². The van der Waals surface area contributed by atoms with Crippen molar-refractivity contribution in [2.24, 2.45) is 0 Å². The molecule has 0 radical (unpaired) electrons. The molecule has 66 valence electrons. The second-order valence-electron chi connectivity index (χ2n) is 2.47. The molecule has 0 saturated carbocycles. The summed E-state index contributed by atoms with van der Waals surface area (Å²) < 4.78 is 6.10. The van der Waals surface area contributed by atoms with Crippen LogP contribution in [0.25, 0.3) is 5.52 Å². The van der Waals surface area contributed by atoms with Crippen molar-refractivity contribution in [3.8, 4) is 0 Å². The lowest BCUT2D eigenvalue weighted by Crippen LogP contribution is -2.01. The zero-order valence-electron chi connectivity index (χ0n) is 6.97. The summed E-state index contributed by atoms with van der Waals surface area (Å²) in [5.74, 6) is -0.441. The number of carbonyl (C=O) groups is 1. The molecule has 0 unspecified atom stereocenters. The lowest BCUT2D eigenvalue weighted by atomic mass is 10.4. The van der Waals surface area contributed by atoms with Crippen molar-refractivity contribution in [3.05, 3.63) is 30.4 Å². The van der Waals surface area contributed by atoms with Crippen molar-refractivity contribution in [2.45, 2.75) is 0 Å². The van der Waals surface area contributed by atoms with Gasteiger partial charge in [-0.05, 0) is 0 Å². The number of carbonyl (C=O) groups excluding carboxylic acids is 1. The fourth-order valence-corrected chi connectivity index (χ4v) is 1.05. The van der Waals surface area contributed by atoms with Gasteiger partial charge in [0.2, 0.25) is 0 Å². The molecule has 2 aromatic rings. The summed E-state index contributed by atoms with van der Waals surface area (Å²) in [4.78, 5) is 15.0. The number of hydrogen-bond donors (Lipinski definition) is 0. The Morgan fingerprint density at radius 2 is 2.46 bits per heavy atom. The number of fused-ring (bicyclic) bond motifs is 1. The van der Waals surface area contributed by atoms with Crippen LogP contribution in [0.4, 0.5) is 0 Å². The van der Waals surface area contributed by atoms with Crippen LogP contribution in [0, 0.1) is 0 Å². The average molecular weight is 177 g/mol. The Labute approximate surface area is 74.0 Å². The van der Waals surface area contributed by atoms with Gasteiger partial charge in [-0.25, -0.2) is 9.31 Å². The molecule has 0 aliphatic carbocycles. The van der Waals surface area contributed by atoms with Crippen molar-refractivity contribution in [1.29, 1.82) is 0 Å². The van der Waals surface area contributed by atoms with Gasteiger partial charge >= 0.3 is 5.97 Å². The lowest BCUT2D eigenvalue weighted by Gasteiger charge is -1.90. The van der Waals surface area contributed by atoms with Gasteiger partial charge in [0.15, 0.2) is 5.69 Å². The Morgan fingerprint density at radius 1 is 1.62 bits per heavy atom. The highest BCUT2D eigenvalue weighted by atomic mass is 16.5. The van der Waals surface area contributed by atoms with Gasteiger partial charge in [0.1, 0.15) is 0 Å². The summed E-state index contributed by atoms with van der Waals surface area (Å²) in [6, 6.07) is 1.62. The van der Waals surface area contributed by atoms with E-state index in [0.717, 1.165) is 5.52 Å². The normalized spacial score (nSPS) is 10.2. The van der Waals surface area contributed by atoms with E-state index in [4.69, 9.17) is 0 Å². The summed E-state index contributed by atoms with van der Waals surface area (Å²) in [5, 5.41) is 3.99. The maximum absolute atomic E-state index is 11.1. The van der Waals surface area contributed by atoms with E-state index in [-0.39, 0.29) is 5.69 Å². The topological polar surface area (TPSA) is 56.5 Å². The van der Waals surface area contributed by atoms with Gasteiger partial charge in [-0.15, -0.1) is 0 Å². The maximum atomic E-state index is 11.1. The summed E-state index contributed by atoms with van der Waals surface area (Å²) in [6.45, 7) is 0. The van der Waals surface area contributed by atoms with E-state index in [1.54, 1.807) is 29.2 Å². The van der Waals surface area contributed by atoms with Crippen molar-refractivity contribution < 1.29 is 9.53 Å². The van der Waals surface area contributed by atoms with Gasteiger partial charge in [0, 0.05) is 18.5 Å². The van der Waals surface area contributed by atoms with Gasteiger partial charge in [0.05, 0.1) is 18.8 Å². The quantitative estimate of drug-likeness (QED) is 0.596. The van der Waals surface area contributed by atoms with Crippen molar-refractivity contribution >= 4 is 11.5 Å². The van der Waals surface area contributed by atoms with Crippen LogP contribution in [-0.4, -0.2) is 27.7 Å². The number of nitrogens with zero attached hydrogens (tertiary/aromatic N) is 3. The van der Waals surface area contributed by atoms with E-state index in [1.165, 1.54) is 7.11 Å². The van der Waals surface area contributed by atoms with E-state index >= 15 is 0 Å². The summed E-state index contributed by atoms with van der Waals surface area (Å²) in [5.41, 5.74) is 1.05. The van der Waals surface area contributed by atoms with Crippen LogP contribution in [0.3, 0.4) is 0 Å². The van der Waals surface area contributed by atoms with Crippen molar-refractivity contribution in [1.82, 2.24) is 14.6 Å². The number of rotatable bonds is 1. The summed E-state index contributed by atoms with van der Waals surface area (Å²) >= 11 is 0. The lowest BCUT2D eigenvalue weighted by molar-refractivity contribution is 0.0593. The van der Waals surface area contributed by atoms with Gasteiger partial charge < -0.3 is 4.74 Å². The minimum atomic E-state index is -0.441. The largest absolute Gasteiger partial charge is 0.464 e. The Hall–Kier alpha value is -1.91. The number of methoxy groups -OCH3 is 1. The second-order valence-corrected chi connectivity index (χ2v) is 2.47. The monoisotopic (exact) mass is 177 g/mol. The Kier molecular flexibility index (Phi) is 1.70. The molecule has 2 heterocycles. The molecule has 0 aliphatic heterocycles. The molecule has 0 aromatic carbocycles. The summed E-state index contributed by atoms with van der Waals surface area (Å²) in [7, 11) is 1.32. The van der Waals surface area contributed by atoms with Crippen LogP contribution in [0.5, 0.6) is 0 Å². The van der Waals surface area contributed by atoms with E-state index in [0.29, 0.717) is 0 Å². The molecule has 5 nitrogen and oxygen atoms in total. The molecule has 0 N–H and O–H groups in total. The minimum Gasteiger partial charge on any atom is -0.464 e. The van der Waals surface area contributed by atoms with Crippen LogP contribution < -0.4 is 0 Å². The Bertz CT molecular complexity index is 416. The van der Waals surface area contributed by atoms with E-state index in [2.05, 4.69) is 14.8 Å². The third-order valence-corrected chi connectivity index (χ3v) is 1.66. The highest BCUT2D eigenvalue weighted by Gasteiger charge is 2.09. The molecule has 0 bridgehead atoms. The van der Waals surface area contributed by atoms with Crippen LogP contribution in [0.15, 0.2) is 24.7 Å². The fraction of sp³-hybridized carbons (Fsp3) is 0.125. The molecule has 0 atom stereocenters. The maximum Gasteiger partial charge on any atom is 0.358 e. The van der Waals surface area contributed by atoms with Gasteiger partial charge in [-0.3, -0.25) is 4.98 Å². The first-order chi connectivity index (χ1) is 6.31. The smallest absolute Gasteiger partial charge is 0.358 e. The summed E-state index contributed by atoms with van der Waals surface area (Å²) in [6.07, 6.45) is 4.89. The SMILES string of the molecule is COC(=O)c1cc2cnccn2n1. The predicted octanol–water partition coefficient (Wildman–Crippen LogP) is 0.516. The molecule has 2 aromatic heterocycles. The molecule has 0 amide bonds. The van der Waals surface area contributed by atoms with Gasteiger partial charge in [-0.1, -0.05) is 0 Å². The molecule has 2 rings (SSSR count). The fourth-order valence-electron chi connectivity index (χ4n) is 1.05. The standard InChI is InChI=1S/C8H7N3O2/c1-13-8(12)7-4-6-5-9-2-3-11(6)10-7/h2-5H,1H3. The predicted molar refractivity (Wildman–Crippen MR) is 44.3 cm³/mol. The minimum absolute atomic E-state index is 0.288. The highest BCUT2D eigenvalue weighted by Crippen LogP contribution is 2.04. The number of aromatic nitrogens is 3. The van der Waals surface area contributed by atoms with Gasteiger partial charge in [0.25, 0.3) is 0 Å². The van der Waals surface area contributed by atoms with Crippen molar-refractivity contribution in [3.63, 3.8) is 0 Å². The first kappa shape index (κ1) is 7.72. The number of hydrogen-bond acceptors (Lipinski definition) is 4. The average Bonchev–Trinajstić information content (AvgIpc) is 2.59. The zero-order valence-corrected chi connectivity index (χ0v) is 6.97. The first-order valence-corrected chi connectivity index (χ1v) is 3.69. The molecule has 0 fully saturated rings. The van der Waals surface area contributed by atoms with Crippen LogP contribution in [0.2, 0.25) is 0 Å². The van der Waals surface area contributed by atoms with Crippen LogP contribution >= 0.6 is 0 Å². The second kappa shape index (κ2) is 2.85.